The van der Waals surface area contributed by atoms with Crippen molar-refractivity contribution in [1.82, 2.24) is 19.7 Å². The summed E-state index contributed by atoms with van der Waals surface area (Å²) in [5.41, 5.74) is 2.74. The first-order chi connectivity index (χ1) is 13.0. The highest BCUT2D eigenvalue weighted by atomic mass is 35.5. The quantitative estimate of drug-likeness (QED) is 0.516. The first-order valence-electron chi connectivity index (χ1n) is 8.30. The first-order valence-corrected chi connectivity index (χ1v) is 9.50. The van der Waals surface area contributed by atoms with Crippen LogP contribution in [0.25, 0.3) is 10.2 Å². The molecule has 0 aliphatic heterocycles. The van der Waals surface area contributed by atoms with Gasteiger partial charge in [-0.05, 0) is 37.3 Å². The summed E-state index contributed by atoms with van der Waals surface area (Å²) in [6, 6.07) is 13.0. The fourth-order valence-electron chi connectivity index (χ4n) is 2.70. The second-order valence-corrected chi connectivity index (χ2v) is 7.51. The summed E-state index contributed by atoms with van der Waals surface area (Å²) in [6.07, 6.45) is 1.71. The predicted octanol–water partition coefficient (Wildman–Crippen LogP) is 4.23. The van der Waals surface area contributed by atoms with E-state index in [2.05, 4.69) is 15.1 Å². The minimum atomic E-state index is -0.223. The number of carbonyl (C=O) groups excluding carboxylic acids is 1. The van der Waals surface area contributed by atoms with Crippen molar-refractivity contribution >= 4 is 44.2 Å². The van der Waals surface area contributed by atoms with Crippen molar-refractivity contribution in [3.63, 3.8) is 0 Å². The summed E-state index contributed by atoms with van der Waals surface area (Å²) < 4.78 is 2.61. The van der Waals surface area contributed by atoms with Crippen molar-refractivity contribution in [3.8, 4) is 0 Å². The molecule has 0 N–H and O–H groups in total. The van der Waals surface area contributed by atoms with Crippen molar-refractivity contribution in [3.05, 3.63) is 70.8 Å². The SMILES string of the molecule is Cc1cc(C(=O)N(Cc2ccccn2)c2nc3c(Cl)cccc3s2)nn1C. The zero-order valence-electron chi connectivity index (χ0n) is 14.8. The average molecular weight is 398 g/mol. The minimum absolute atomic E-state index is 0.223. The highest BCUT2D eigenvalue weighted by molar-refractivity contribution is 7.22. The first kappa shape index (κ1) is 17.6. The maximum absolute atomic E-state index is 13.2. The molecule has 4 aromatic rings. The number of thiazole rings is 1. The Bertz CT molecular complexity index is 1100. The van der Waals surface area contributed by atoms with Gasteiger partial charge in [-0.3, -0.25) is 19.4 Å². The largest absolute Gasteiger partial charge is 0.280 e. The summed E-state index contributed by atoms with van der Waals surface area (Å²) in [5, 5.41) is 5.46. The van der Waals surface area contributed by atoms with Gasteiger partial charge in [-0.1, -0.05) is 35.1 Å². The number of carbonyl (C=O) groups is 1. The molecule has 0 saturated heterocycles. The van der Waals surface area contributed by atoms with E-state index in [1.54, 1.807) is 27.9 Å². The van der Waals surface area contributed by atoms with E-state index < -0.39 is 0 Å². The number of anilines is 1. The third kappa shape index (κ3) is 3.43. The van der Waals surface area contributed by atoms with Gasteiger partial charge in [0.15, 0.2) is 10.8 Å². The molecule has 0 spiro atoms. The Morgan fingerprint density at radius 3 is 2.78 bits per heavy atom. The van der Waals surface area contributed by atoms with E-state index in [1.807, 2.05) is 44.3 Å². The van der Waals surface area contributed by atoms with Crippen LogP contribution in [0.3, 0.4) is 0 Å². The van der Waals surface area contributed by atoms with Crippen LogP contribution in [0, 0.1) is 6.92 Å². The van der Waals surface area contributed by atoms with Crippen LogP contribution in [0.5, 0.6) is 0 Å². The molecule has 8 heteroatoms. The maximum atomic E-state index is 13.2. The molecule has 3 heterocycles. The number of fused-ring (bicyclic) bond motifs is 1. The number of benzene rings is 1. The number of rotatable bonds is 4. The number of halogens is 1. The molecule has 0 aliphatic rings. The molecule has 3 aromatic heterocycles. The van der Waals surface area contributed by atoms with Gasteiger partial charge in [-0.2, -0.15) is 5.10 Å². The maximum Gasteiger partial charge on any atom is 0.280 e. The van der Waals surface area contributed by atoms with Gasteiger partial charge >= 0.3 is 0 Å². The van der Waals surface area contributed by atoms with E-state index in [0.29, 0.717) is 27.9 Å². The molecule has 0 fully saturated rings. The Hall–Kier alpha value is -2.77. The van der Waals surface area contributed by atoms with Crippen LogP contribution in [0.15, 0.2) is 48.7 Å². The highest BCUT2D eigenvalue weighted by Crippen LogP contribution is 2.34. The number of pyridine rings is 1. The zero-order valence-corrected chi connectivity index (χ0v) is 16.3. The van der Waals surface area contributed by atoms with Crippen molar-refractivity contribution in [1.29, 1.82) is 0 Å². The summed E-state index contributed by atoms with van der Waals surface area (Å²) in [4.78, 5) is 23.8. The molecule has 0 saturated carbocycles. The lowest BCUT2D eigenvalue weighted by molar-refractivity contribution is 0.0979. The highest BCUT2D eigenvalue weighted by Gasteiger charge is 2.25. The van der Waals surface area contributed by atoms with Crippen molar-refractivity contribution in [2.24, 2.45) is 7.05 Å². The molecule has 1 amide bonds. The van der Waals surface area contributed by atoms with Gasteiger partial charge in [-0.15, -0.1) is 0 Å². The fraction of sp³-hybridized carbons (Fsp3) is 0.158. The molecule has 0 radical (unpaired) electrons. The van der Waals surface area contributed by atoms with Gasteiger partial charge in [0.05, 0.1) is 22.0 Å². The molecule has 6 nitrogen and oxygen atoms in total. The molecular formula is C19H16ClN5OS. The van der Waals surface area contributed by atoms with Gasteiger partial charge < -0.3 is 0 Å². The minimum Gasteiger partial charge on any atom is -0.276 e. The number of hydrogen-bond acceptors (Lipinski definition) is 5. The summed E-state index contributed by atoms with van der Waals surface area (Å²) in [5.74, 6) is -0.223. The third-order valence-corrected chi connectivity index (χ3v) is 5.56. The van der Waals surface area contributed by atoms with E-state index in [0.717, 1.165) is 16.1 Å². The van der Waals surface area contributed by atoms with Gasteiger partial charge in [0.2, 0.25) is 0 Å². The van der Waals surface area contributed by atoms with Crippen molar-refractivity contribution in [2.45, 2.75) is 13.5 Å². The lowest BCUT2D eigenvalue weighted by Crippen LogP contribution is -2.31. The lowest BCUT2D eigenvalue weighted by atomic mass is 10.3. The Labute approximate surface area is 165 Å². The number of aromatic nitrogens is 4. The lowest BCUT2D eigenvalue weighted by Gasteiger charge is -2.18. The standard InChI is InChI=1S/C19H16ClN5OS/c1-12-10-15(23-24(12)2)18(26)25(11-13-6-3-4-9-21-13)19-22-17-14(20)7-5-8-16(17)27-19/h3-10H,11H2,1-2H3. The van der Waals surface area contributed by atoms with Crippen molar-refractivity contribution in [2.75, 3.05) is 4.90 Å². The van der Waals surface area contributed by atoms with Crippen LogP contribution in [0.2, 0.25) is 5.02 Å². The molecule has 0 atom stereocenters. The Morgan fingerprint density at radius 1 is 1.26 bits per heavy atom. The zero-order chi connectivity index (χ0) is 19.0. The number of aryl methyl sites for hydroxylation is 2. The Morgan fingerprint density at radius 2 is 2.11 bits per heavy atom. The van der Waals surface area contributed by atoms with Gasteiger partial charge in [0.25, 0.3) is 5.91 Å². The average Bonchev–Trinajstić information content (AvgIpc) is 3.25. The molecule has 4 rings (SSSR count). The molecular weight excluding hydrogens is 382 g/mol. The van der Waals surface area contributed by atoms with E-state index in [4.69, 9.17) is 11.6 Å². The number of amides is 1. The molecule has 0 aliphatic carbocycles. The molecule has 1 aromatic carbocycles. The van der Waals surface area contributed by atoms with E-state index in [1.165, 1.54) is 11.3 Å². The Kier molecular flexibility index (Phi) is 4.63. The second kappa shape index (κ2) is 7.09. The van der Waals surface area contributed by atoms with E-state index >= 15 is 0 Å². The summed E-state index contributed by atoms with van der Waals surface area (Å²) in [6.45, 7) is 2.21. The monoisotopic (exact) mass is 397 g/mol. The smallest absolute Gasteiger partial charge is 0.276 e. The van der Waals surface area contributed by atoms with Gasteiger partial charge in [0.1, 0.15) is 5.52 Å². The predicted molar refractivity (Wildman–Crippen MR) is 107 cm³/mol. The van der Waals surface area contributed by atoms with E-state index in [9.17, 15) is 4.79 Å². The topological polar surface area (TPSA) is 63.9 Å². The number of para-hydroxylation sites is 1. The van der Waals surface area contributed by atoms with Crippen molar-refractivity contribution < 1.29 is 4.79 Å². The van der Waals surface area contributed by atoms with Crippen LogP contribution in [0.4, 0.5) is 5.13 Å². The number of nitrogens with zero attached hydrogens (tertiary/aromatic N) is 5. The molecule has 0 bridgehead atoms. The van der Waals surface area contributed by atoms with Crippen LogP contribution >= 0.6 is 22.9 Å². The second-order valence-electron chi connectivity index (χ2n) is 6.09. The Balaban J connectivity index is 1.79. The molecule has 136 valence electrons. The normalized spacial score (nSPS) is 11.1. The van der Waals surface area contributed by atoms with Crippen LogP contribution in [0.1, 0.15) is 21.9 Å². The van der Waals surface area contributed by atoms with Gasteiger partial charge in [0, 0.05) is 18.9 Å². The summed E-state index contributed by atoms with van der Waals surface area (Å²) in [7, 11) is 1.81. The van der Waals surface area contributed by atoms with E-state index in [-0.39, 0.29) is 5.91 Å². The van der Waals surface area contributed by atoms with Crippen LogP contribution in [-0.4, -0.2) is 25.7 Å². The number of hydrogen-bond donors (Lipinski definition) is 0. The fourth-order valence-corrected chi connectivity index (χ4v) is 3.97. The van der Waals surface area contributed by atoms with Gasteiger partial charge in [-0.25, -0.2) is 4.98 Å². The van der Waals surface area contributed by atoms with Crippen LogP contribution in [-0.2, 0) is 13.6 Å². The molecule has 0 unspecified atom stereocenters. The van der Waals surface area contributed by atoms with Crippen LogP contribution < -0.4 is 4.90 Å². The third-order valence-electron chi connectivity index (χ3n) is 4.21. The molecule has 27 heavy (non-hydrogen) atoms. The summed E-state index contributed by atoms with van der Waals surface area (Å²) >= 11 is 7.69.